The highest BCUT2D eigenvalue weighted by atomic mass is 35.5. The quantitative estimate of drug-likeness (QED) is 0.564. The largest absolute Gasteiger partial charge is 0.460 e. The number of esters is 2. The number of nitrogens with zero attached hydrogens (tertiary/aromatic N) is 1. The summed E-state index contributed by atoms with van der Waals surface area (Å²) in [6.07, 6.45) is -0.325. The van der Waals surface area contributed by atoms with Crippen molar-refractivity contribution in [3.63, 3.8) is 0 Å². The summed E-state index contributed by atoms with van der Waals surface area (Å²) in [5, 5.41) is 0.474. The zero-order valence-electron chi connectivity index (χ0n) is 15.1. The van der Waals surface area contributed by atoms with E-state index in [1.807, 2.05) is 0 Å². The van der Waals surface area contributed by atoms with Crippen LogP contribution in [0.15, 0.2) is 42.5 Å². The third-order valence-electron chi connectivity index (χ3n) is 3.90. The van der Waals surface area contributed by atoms with Crippen LogP contribution in [-0.2, 0) is 14.3 Å². The maximum atomic E-state index is 12.7. The van der Waals surface area contributed by atoms with Crippen LogP contribution in [0.2, 0.25) is 5.02 Å². The Bertz CT molecular complexity index is 967. The summed E-state index contributed by atoms with van der Waals surface area (Å²) in [4.78, 5) is 49.9. The number of ether oxygens (including phenoxy) is 2. The van der Waals surface area contributed by atoms with E-state index in [4.69, 9.17) is 21.1 Å². The summed E-state index contributed by atoms with van der Waals surface area (Å²) in [6.45, 7) is 2.81. The Morgan fingerprint density at radius 2 is 1.64 bits per heavy atom. The van der Waals surface area contributed by atoms with Gasteiger partial charge in [-0.1, -0.05) is 11.6 Å². The van der Waals surface area contributed by atoms with Crippen molar-refractivity contribution in [2.45, 2.75) is 20.0 Å². The fourth-order valence-electron chi connectivity index (χ4n) is 2.70. The van der Waals surface area contributed by atoms with Gasteiger partial charge in [0.2, 0.25) is 0 Å². The molecule has 0 atom stereocenters. The SMILES string of the molecule is CC(C)OC(=O)COC(=O)c1ccc2c(c1)C(=O)N(c1ccc(Cl)cc1)C2=O. The molecule has 0 bridgehead atoms. The molecule has 0 fully saturated rings. The number of imide groups is 1. The Balaban J connectivity index is 1.78. The predicted molar refractivity (Wildman–Crippen MR) is 101 cm³/mol. The smallest absolute Gasteiger partial charge is 0.344 e. The second-order valence-corrected chi connectivity index (χ2v) is 6.73. The lowest BCUT2D eigenvalue weighted by Gasteiger charge is -2.13. The van der Waals surface area contributed by atoms with Crippen LogP contribution < -0.4 is 4.90 Å². The highest BCUT2D eigenvalue weighted by molar-refractivity contribution is 6.35. The van der Waals surface area contributed by atoms with Gasteiger partial charge in [-0.25, -0.2) is 14.5 Å². The number of halogens is 1. The highest BCUT2D eigenvalue weighted by Gasteiger charge is 2.37. The Kier molecular flexibility index (Phi) is 5.46. The van der Waals surface area contributed by atoms with Crippen molar-refractivity contribution < 1.29 is 28.7 Å². The van der Waals surface area contributed by atoms with Crippen molar-refractivity contribution in [3.8, 4) is 0 Å². The zero-order valence-corrected chi connectivity index (χ0v) is 15.9. The van der Waals surface area contributed by atoms with Crippen molar-refractivity contribution >= 4 is 41.0 Å². The van der Waals surface area contributed by atoms with Gasteiger partial charge in [-0.05, 0) is 56.3 Å². The van der Waals surface area contributed by atoms with Gasteiger partial charge in [0, 0.05) is 5.02 Å². The van der Waals surface area contributed by atoms with Gasteiger partial charge in [-0.2, -0.15) is 0 Å². The van der Waals surface area contributed by atoms with Crippen molar-refractivity contribution in [1.29, 1.82) is 0 Å². The van der Waals surface area contributed by atoms with Crippen LogP contribution in [-0.4, -0.2) is 36.5 Å². The lowest BCUT2D eigenvalue weighted by Crippen LogP contribution is -2.29. The molecule has 0 N–H and O–H groups in total. The maximum Gasteiger partial charge on any atom is 0.344 e. The lowest BCUT2D eigenvalue weighted by molar-refractivity contribution is -0.150. The van der Waals surface area contributed by atoms with Crippen LogP contribution in [0.5, 0.6) is 0 Å². The number of hydrogen-bond acceptors (Lipinski definition) is 6. The standard InChI is InChI=1S/C20H16ClNO6/c1-11(2)28-17(23)10-27-20(26)12-3-8-15-16(9-12)19(25)22(18(15)24)14-6-4-13(21)5-7-14/h3-9,11H,10H2,1-2H3. The molecule has 1 aliphatic heterocycles. The molecule has 0 spiro atoms. The molecule has 0 aliphatic carbocycles. The molecule has 1 aliphatic rings. The first-order valence-electron chi connectivity index (χ1n) is 8.43. The van der Waals surface area contributed by atoms with Gasteiger partial charge in [0.1, 0.15) is 0 Å². The van der Waals surface area contributed by atoms with Crippen molar-refractivity contribution in [2.75, 3.05) is 11.5 Å². The fraction of sp³-hybridized carbons (Fsp3) is 0.200. The van der Waals surface area contributed by atoms with Crippen molar-refractivity contribution in [2.24, 2.45) is 0 Å². The molecular weight excluding hydrogens is 386 g/mol. The minimum absolute atomic E-state index is 0.0511. The molecule has 2 aromatic rings. The van der Waals surface area contributed by atoms with E-state index in [0.29, 0.717) is 10.7 Å². The summed E-state index contributed by atoms with van der Waals surface area (Å²) in [5.41, 5.74) is 0.682. The second-order valence-electron chi connectivity index (χ2n) is 6.30. The van der Waals surface area contributed by atoms with Gasteiger partial charge in [0.15, 0.2) is 6.61 Å². The van der Waals surface area contributed by atoms with Crippen molar-refractivity contribution in [1.82, 2.24) is 0 Å². The molecule has 7 nitrogen and oxygen atoms in total. The van der Waals surface area contributed by atoms with Crippen molar-refractivity contribution in [3.05, 3.63) is 64.2 Å². The molecule has 0 saturated carbocycles. The third kappa shape index (κ3) is 3.89. The number of fused-ring (bicyclic) bond motifs is 1. The molecule has 2 amide bonds. The lowest BCUT2D eigenvalue weighted by atomic mass is 10.1. The van der Waals surface area contributed by atoms with Gasteiger partial charge in [0.05, 0.1) is 28.5 Å². The van der Waals surface area contributed by atoms with Crippen LogP contribution in [0.4, 0.5) is 5.69 Å². The Labute approximate surface area is 165 Å². The van der Waals surface area contributed by atoms with Crippen LogP contribution in [0.1, 0.15) is 44.9 Å². The van der Waals surface area contributed by atoms with Crippen LogP contribution >= 0.6 is 11.6 Å². The van der Waals surface area contributed by atoms with Crippen LogP contribution in [0.25, 0.3) is 0 Å². The molecule has 144 valence electrons. The summed E-state index contributed by atoms with van der Waals surface area (Å²) in [7, 11) is 0. The molecule has 8 heteroatoms. The first-order chi connectivity index (χ1) is 13.3. The van der Waals surface area contributed by atoms with Gasteiger partial charge in [-0.15, -0.1) is 0 Å². The van der Waals surface area contributed by atoms with E-state index in [1.165, 1.54) is 18.2 Å². The van der Waals surface area contributed by atoms with Gasteiger partial charge >= 0.3 is 11.9 Å². The van der Waals surface area contributed by atoms with Gasteiger partial charge in [-0.3, -0.25) is 9.59 Å². The van der Waals surface area contributed by atoms with E-state index in [-0.39, 0.29) is 22.8 Å². The van der Waals surface area contributed by atoms with E-state index >= 15 is 0 Å². The molecule has 0 unspecified atom stereocenters. The monoisotopic (exact) mass is 401 g/mol. The summed E-state index contributed by atoms with van der Waals surface area (Å²) < 4.78 is 9.78. The number of amides is 2. The number of carbonyl (C=O) groups is 4. The average molecular weight is 402 g/mol. The fourth-order valence-corrected chi connectivity index (χ4v) is 2.82. The third-order valence-corrected chi connectivity index (χ3v) is 4.15. The maximum absolute atomic E-state index is 12.7. The van der Waals surface area contributed by atoms with Crippen LogP contribution in [0.3, 0.4) is 0 Å². The van der Waals surface area contributed by atoms with Gasteiger partial charge in [0.25, 0.3) is 11.8 Å². The summed E-state index contributed by atoms with van der Waals surface area (Å²) in [6, 6.07) is 10.3. The summed E-state index contributed by atoms with van der Waals surface area (Å²) in [5.74, 6) is -2.53. The van der Waals surface area contributed by atoms with Crippen LogP contribution in [0, 0.1) is 0 Å². The topological polar surface area (TPSA) is 90.0 Å². The van der Waals surface area contributed by atoms with E-state index in [1.54, 1.807) is 38.1 Å². The Hall–Kier alpha value is -3.19. The average Bonchev–Trinajstić information content (AvgIpc) is 2.90. The first-order valence-corrected chi connectivity index (χ1v) is 8.80. The minimum Gasteiger partial charge on any atom is -0.460 e. The first kappa shape index (κ1) is 19.6. The second kappa shape index (κ2) is 7.82. The van der Waals surface area contributed by atoms with E-state index in [2.05, 4.69) is 0 Å². The molecule has 0 saturated heterocycles. The normalized spacial score (nSPS) is 12.9. The van der Waals surface area contributed by atoms with E-state index in [9.17, 15) is 19.2 Å². The number of anilines is 1. The predicted octanol–water partition coefficient (Wildman–Crippen LogP) is 3.25. The molecular formula is C20H16ClNO6. The molecule has 0 aromatic heterocycles. The molecule has 3 rings (SSSR count). The zero-order chi connectivity index (χ0) is 20.4. The number of rotatable bonds is 5. The minimum atomic E-state index is -0.798. The molecule has 1 heterocycles. The number of carbonyl (C=O) groups excluding carboxylic acids is 4. The van der Waals surface area contributed by atoms with E-state index in [0.717, 1.165) is 4.90 Å². The summed E-state index contributed by atoms with van der Waals surface area (Å²) >= 11 is 5.84. The Morgan fingerprint density at radius 1 is 1.00 bits per heavy atom. The molecule has 0 radical (unpaired) electrons. The van der Waals surface area contributed by atoms with E-state index < -0.39 is 30.4 Å². The number of benzene rings is 2. The highest BCUT2D eigenvalue weighted by Crippen LogP contribution is 2.30. The number of hydrogen-bond donors (Lipinski definition) is 0. The molecule has 2 aromatic carbocycles. The molecule has 28 heavy (non-hydrogen) atoms. The van der Waals surface area contributed by atoms with Gasteiger partial charge < -0.3 is 9.47 Å². The Morgan fingerprint density at radius 3 is 2.29 bits per heavy atom.